The number of nitrogens with one attached hydrogen (secondary N) is 1. The van der Waals surface area contributed by atoms with Gasteiger partial charge in [0, 0.05) is 38.9 Å². The quantitative estimate of drug-likeness (QED) is 0.0379. The van der Waals surface area contributed by atoms with Gasteiger partial charge < -0.3 is 105 Å². The van der Waals surface area contributed by atoms with E-state index in [-0.39, 0.29) is 51.3 Å². The minimum atomic E-state index is -1.77. The lowest BCUT2D eigenvalue weighted by Crippen LogP contribution is -2.59. The molecule has 0 aromatic carbocycles. The smallest absolute Gasteiger partial charge is 0.242 e. The molecule has 0 spiro atoms. The fraction of sp³-hybridized carbons (Fsp3) is 0.889. The van der Waals surface area contributed by atoms with Crippen LogP contribution in [0.2, 0.25) is 0 Å². The monoisotopic (exact) mass is 889 g/mol. The lowest BCUT2D eigenvalue weighted by molar-refractivity contribution is -0.303. The van der Waals surface area contributed by atoms with Gasteiger partial charge in [-0.05, 0) is 12.8 Å². The van der Waals surface area contributed by atoms with Gasteiger partial charge >= 0.3 is 0 Å². The molecule has 3 rings (SSSR count). The van der Waals surface area contributed by atoms with E-state index in [2.05, 4.69) is 5.32 Å². The lowest BCUT2D eigenvalue weighted by atomic mass is 9.99. The van der Waals surface area contributed by atoms with Crippen LogP contribution in [0.3, 0.4) is 0 Å². The molecular formula is C36H63N3O22. The van der Waals surface area contributed by atoms with E-state index < -0.39 is 156 Å². The molecule has 13 N–H and O–H groups in total. The van der Waals surface area contributed by atoms with E-state index in [1.807, 2.05) is 0 Å². The molecule has 25 nitrogen and oxygen atoms in total. The first-order valence-corrected chi connectivity index (χ1v) is 20.1. The van der Waals surface area contributed by atoms with E-state index >= 15 is 0 Å². The SMILES string of the molecule is CCC(=O)CCCCC(=O)N(CC(=O)NCCO[C@@H]1O[C@H](CO)[C@@H](O)[C@H](O)[C@H]1O)CC(=O)N(CCOC1O[C@H](CO)[C@@H](O)[C@H](O)[C@@H]1O)CCOC1O[C@H](CO)[C@@H](O)[C@H](O)[C@@H]1O. The lowest BCUT2D eigenvalue weighted by Gasteiger charge is -2.40. The second-order valence-electron chi connectivity index (χ2n) is 14.8. The van der Waals surface area contributed by atoms with Crippen LogP contribution in [-0.2, 0) is 47.6 Å². The number of Topliss-reactive ketones (excluding diaryl/α,β-unsaturated/α-hetero) is 1. The Kier molecular flexibility index (Phi) is 22.7. The number of rotatable bonds is 25. The topological polar surface area (TPSA) is 385 Å². The van der Waals surface area contributed by atoms with Crippen molar-refractivity contribution < 1.29 is 109 Å². The molecule has 0 radical (unpaired) electrons. The van der Waals surface area contributed by atoms with Crippen LogP contribution in [0.5, 0.6) is 0 Å². The van der Waals surface area contributed by atoms with Crippen LogP contribution in [0.25, 0.3) is 0 Å². The summed E-state index contributed by atoms with van der Waals surface area (Å²) in [6.45, 7) is -3.82. The predicted molar refractivity (Wildman–Crippen MR) is 199 cm³/mol. The van der Waals surface area contributed by atoms with Crippen LogP contribution in [0, 0.1) is 0 Å². The summed E-state index contributed by atoms with van der Waals surface area (Å²) in [7, 11) is 0. The summed E-state index contributed by atoms with van der Waals surface area (Å²) in [6, 6.07) is 0. The molecule has 3 saturated heterocycles. The van der Waals surface area contributed by atoms with E-state index in [9.17, 15) is 80.5 Å². The van der Waals surface area contributed by atoms with Gasteiger partial charge in [0.05, 0.1) is 39.6 Å². The summed E-state index contributed by atoms with van der Waals surface area (Å²) in [4.78, 5) is 54.3. The van der Waals surface area contributed by atoms with Crippen molar-refractivity contribution in [1.29, 1.82) is 0 Å². The minimum Gasteiger partial charge on any atom is -0.394 e. The fourth-order valence-electron chi connectivity index (χ4n) is 6.56. The zero-order valence-corrected chi connectivity index (χ0v) is 33.8. The fourth-order valence-corrected chi connectivity index (χ4v) is 6.56. The maximum atomic E-state index is 13.9. The van der Waals surface area contributed by atoms with Crippen LogP contribution < -0.4 is 5.32 Å². The van der Waals surface area contributed by atoms with Gasteiger partial charge in [-0.3, -0.25) is 19.2 Å². The van der Waals surface area contributed by atoms with E-state index in [4.69, 9.17) is 28.4 Å². The zero-order valence-electron chi connectivity index (χ0n) is 33.8. The van der Waals surface area contributed by atoms with E-state index in [0.717, 1.165) is 9.80 Å². The highest BCUT2D eigenvalue weighted by molar-refractivity contribution is 5.89. The number of aliphatic hydroxyl groups is 12. The van der Waals surface area contributed by atoms with Crippen LogP contribution in [0.4, 0.5) is 0 Å². The van der Waals surface area contributed by atoms with E-state index in [0.29, 0.717) is 12.8 Å². The van der Waals surface area contributed by atoms with Crippen LogP contribution >= 0.6 is 0 Å². The number of hydrogen-bond donors (Lipinski definition) is 13. The van der Waals surface area contributed by atoms with Gasteiger partial charge in [0.2, 0.25) is 17.7 Å². The van der Waals surface area contributed by atoms with Crippen LogP contribution in [0.1, 0.15) is 39.0 Å². The highest BCUT2D eigenvalue weighted by atomic mass is 16.7. The molecule has 15 atom stereocenters. The zero-order chi connectivity index (χ0) is 45.4. The average Bonchev–Trinajstić information content (AvgIpc) is 3.25. The van der Waals surface area contributed by atoms with Gasteiger partial charge in [-0.1, -0.05) is 6.92 Å². The number of amides is 3. The molecule has 3 aliphatic heterocycles. The molecule has 0 saturated carbocycles. The molecule has 3 heterocycles. The number of aliphatic hydroxyl groups excluding tert-OH is 12. The molecule has 3 amide bonds. The first-order valence-electron chi connectivity index (χ1n) is 20.1. The number of ketones is 1. The molecule has 2 unspecified atom stereocenters. The van der Waals surface area contributed by atoms with Crippen molar-refractivity contribution in [2.45, 2.75) is 131 Å². The highest BCUT2D eigenvalue weighted by Gasteiger charge is 2.46. The third-order valence-electron chi connectivity index (χ3n) is 10.4. The molecule has 25 heteroatoms. The predicted octanol–water partition coefficient (Wildman–Crippen LogP) is -8.25. The van der Waals surface area contributed by atoms with E-state index in [1.165, 1.54) is 0 Å². The van der Waals surface area contributed by atoms with Gasteiger partial charge in [-0.15, -0.1) is 0 Å². The van der Waals surface area contributed by atoms with Crippen molar-refractivity contribution in [2.75, 3.05) is 72.4 Å². The summed E-state index contributed by atoms with van der Waals surface area (Å²) in [5.74, 6) is -2.20. The molecule has 0 aromatic rings. The maximum absolute atomic E-state index is 13.9. The van der Waals surface area contributed by atoms with Crippen LogP contribution in [-0.4, -0.2) is 259 Å². The minimum absolute atomic E-state index is 0.0164. The number of unbranched alkanes of at least 4 members (excludes halogenated alkanes) is 1. The Hall–Kier alpha value is -2.64. The summed E-state index contributed by atoms with van der Waals surface area (Å²) in [6.07, 6.45) is -22.8. The van der Waals surface area contributed by atoms with E-state index in [1.54, 1.807) is 6.92 Å². The number of carbonyl (C=O) groups is 4. The van der Waals surface area contributed by atoms with Crippen molar-refractivity contribution in [3.8, 4) is 0 Å². The Labute approximate surface area is 350 Å². The summed E-state index contributed by atoms with van der Waals surface area (Å²) in [5, 5.41) is 122. The van der Waals surface area contributed by atoms with Gasteiger partial charge in [-0.25, -0.2) is 0 Å². The first-order chi connectivity index (χ1) is 29.0. The molecule has 0 aliphatic carbocycles. The standard InChI is InChI=1S/C36H63N3O22/c1-2-18(43)5-3-4-6-23(45)39(13-22(44)37-7-10-56-34-31(53)28(50)25(47)19(15-40)59-34)14-24(46)38(8-11-57-35-32(54)29(51)26(48)20(16-41)60-35)9-12-58-36-33(55)30(52)27(49)21(17-42)61-36/h19-21,25-36,40-42,47-55H,2-17H2,1H3,(H,37,44)/t19-,20-,21-,25-,26-,27-,28+,29+,30+,31-,32+,33+,34-,35?,36?/m1/s1. The normalized spacial score (nSPS) is 34.1. The molecule has 354 valence electrons. The van der Waals surface area contributed by atoms with Gasteiger partial charge in [0.15, 0.2) is 18.9 Å². The maximum Gasteiger partial charge on any atom is 0.242 e. The molecule has 3 fully saturated rings. The number of hydrogen-bond acceptors (Lipinski definition) is 22. The Morgan fingerprint density at radius 1 is 0.525 bits per heavy atom. The second-order valence-corrected chi connectivity index (χ2v) is 14.8. The second kappa shape index (κ2) is 26.2. The Morgan fingerprint density at radius 2 is 0.934 bits per heavy atom. The largest absolute Gasteiger partial charge is 0.394 e. The Morgan fingerprint density at radius 3 is 1.34 bits per heavy atom. The van der Waals surface area contributed by atoms with Gasteiger partial charge in [0.1, 0.15) is 92.1 Å². The molecule has 0 bridgehead atoms. The first kappa shape index (κ1) is 52.7. The number of carbonyl (C=O) groups excluding carboxylic acids is 4. The highest BCUT2D eigenvalue weighted by Crippen LogP contribution is 2.24. The van der Waals surface area contributed by atoms with Crippen molar-refractivity contribution in [1.82, 2.24) is 15.1 Å². The van der Waals surface area contributed by atoms with Crippen molar-refractivity contribution >= 4 is 23.5 Å². The third-order valence-corrected chi connectivity index (χ3v) is 10.4. The Bertz CT molecular complexity index is 1310. The summed E-state index contributed by atoms with van der Waals surface area (Å²) >= 11 is 0. The van der Waals surface area contributed by atoms with Crippen molar-refractivity contribution in [3.63, 3.8) is 0 Å². The third kappa shape index (κ3) is 15.3. The molecular weight excluding hydrogens is 826 g/mol. The molecule has 3 aliphatic rings. The van der Waals surface area contributed by atoms with Crippen LogP contribution in [0.15, 0.2) is 0 Å². The van der Waals surface area contributed by atoms with Crippen molar-refractivity contribution in [3.05, 3.63) is 0 Å². The number of ether oxygens (including phenoxy) is 6. The Balaban J connectivity index is 1.71. The number of nitrogens with zero attached hydrogens (tertiary/aromatic N) is 2. The average molecular weight is 890 g/mol. The summed E-state index contributed by atoms with van der Waals surface area (Å²) in [5.41, 5.74) is 0. The van der Waals surface area contributed by atoms with Gasteiger partial charge in [-0.2, -0.15) is 0 Å². The molecule has 0 aromatic heterocycles. The van der Waals surface area contributed by atoms with Crippen molar-refractivity contribution in [2.24, 2.45) is 0 Å². The van der Waals surface area contributed by atoms with Gasteiger partial charge in [0.25, 0.3) is 0 Å². The molecule has 61 heavy (non-hydrogen) atoms. The summed E-state index contributed by atoms with van der Waals surface area (Å²) < 4.78 is 32.4.